The zero-order valence-corrected chi connectivity index (χ0v) is 16.7. The van der Waals surface area contributed by atoms with E-state index in [9.17, 15) is 0 Å². The number of aromatic nitrogens is 7. The third-order valence-corrected chi connectivity index (χ3v) is 5.45. The highest BCUT2D eigenvalue weighted by atomic mass is 32.2. The highest BCUT2D eigenvalue weighted by Gasteiger charge is 2.18. The van der Waals surface area contributed by atoms with Crippen molar-refractivity contribution in [3.8, 4) is 17.1 Å². The Hall–Kier alpha value is -3.52. The molecule has 8 heteroatoms. The van der Waals surface area contributed by atoms with Gasteiger partial charge in [0.05, 0.1) is 0 Å². The predicted molar refractivity (Wildman–Crippen MR) is 111 cm³/mol. The molecule has 0 N–H and O–H groups in total. The van der Waals surface area contributed by atoms with Crippen LogP contribution >= 0.6 is 11.8 Å². The average molecular weight is 399 g/mol. The van der Waals surface area contributed by atoms with Crippen LogP contribution < -0.4 is 0 Å². The SMILES string of the molecule is Cc1ccc(-n2c(Sc3cc(C)nc4ncnn34)nnc2-c2ccccc2)cc1. The predicted octanol–water partition coefficient (Wildman–Crippen LogP) is 4.14. The minimum atomic E-state index is 0.567. The molecule has 0 bridgehead atoms. The maximum Gasteiger partial charge on any atom is 0.253 e. The zero-order valence-electron chi connectivity index (χ0n) is 15.9. The molecule has 29 heavy (non-hydrogen) atoms. The molecule has 0 spiro atoms. The van der Waals surface area contributed by atoms with Gasteiger partial charge in [-0.3, -0.25) is 4.57 Å². The molecule has 0 fully saturated rings. The van der Waals surface area contributed by atoms with Crippen LogP contribution in [0.4, 0.5) is 0 Å². The van der Waals surface area contributed by atoms with E-state index in [0.29, 0.717) is 5.78 Å². The van der Waals surface area contributed by atoms with Crippen LogP contribution in [0.15, 0.2) is 77.2 Å². The van der Waals surface area contributed by atoms with E-state index in [1.54, 1.807) is 4.52 Å². The summed E-state index contributed by atoms with van der Waals surface area (Å²) in [7, 11) is 0. The summed E-state index contributed by atoms with van der Waals surface area (Å²) < 4.78 is 3.78. The molecule has 3 aromatic heterocycles. The van der Waals surface area contributed by atoms with Gasteiger partial charge in [0.1, 0.15) is 11.4 Å². The first kappa shape index (κ1) is 17.6. The number of hydrogen-bond donors (Lipinski definition) is 0. The Morgan fingerprint density at radius 3 is 2.48 bits per heavy atom. The van der Waals surface area contributed by atoms with Crippen LogP contribution in [-0.2, 0) is 0 Å². The lowest BCUT2D eigenvalue weighted by molar-refractivity contribution is 0.821. The number of hydrogen-bond acceptors (Lipinski definition) is 6. The number of aryl methyl sites for hydroxylation is 2. The fraction of sp³-hybridized carbons (Fsp3) is 0.0952. The Morgan fingerprint density at radius 2 is 1.69 bits per heavy atom. The summed E-state index contributed by atoms with van der Waals surface area (Å²) in [6.07, 6.45) is 1.51. The Kier molecular flexibility index (Phi) is 4.33. The summed E-state index contributed by atoms with van der Waals surface area (Å²) in [5.74, 6) is 1.36. The van der Waals surface area contributed by atoms with Crippen molar-refractivity contribution in [3.05, 3.63) is 78.2 Å². The third-order valence-electron chi connectivity index (χ3n) is 4.50. The van der Waals surface area contributed by atoms with Crippen LogP contribution in [-0.4, -0.2) is 34.3 Å². The van der Waals surface area contributed by atoms with Crippen molar-refractivity contribution in [3.63, 3.8) is 0 Å². The highest BCUT2D eigenvalue weighted by molar-refractivity contribution is 7.99. The van der Waals surface area contributed by atoms with Crippen molar-refractivity contribution in [1.82, 2.24) is 34.3 Å². The van der Waals surface area contributed by atoms with Gasteiger partial charge >= 0.3 is 0 Å². The number of rotatable bonds is 4. The molecule has 2 aromatic carbocycles. The molecule has 3 heterocycles. The number of fused-ring (bicyclic) bond motifs is 1. The van der Waals surface area contributed by atoms with Crippen molar-refractivity contribution in [2.45, 2.75) is 24.0 Å². The van der Waals surface area contributed by atoms with Crippen molar-refractivity contribution < 1.29 is 0 Å². The quantitative estimate of drug-likeness (QED) is 0.423. The molecule has 0 unspecified atom stereocenters. The van der Waals surface area contributed by atoms with Crippen LogP contribution in [0.5, 0.6) is 0 Å². The molecular formula is C21H17N7S. The van der Waals surface area contributed by atoms with Crippen molar-refractivity contribution in [2.24, 2.45) is 0 Å². The summed E-state index contributed by atoms with van der Waals surface area (Å²) in [6, 6.07) is 20.4. The van der Waals surface area contributed by atoms with E-state index in [1.165, 1.54) is 23.7 Å². The topological polar surface area (TPSA) is 73.8 Å². The van der Waals surface area contributed by atoms with Gasteiger partial charge in [0.2, 0.25) is 5.16 Å². The van der Waals surface area contributed by atoms with Crippen LogP contribution in [0.1, 0.15) is 11.3 Å². The Bertz CT molecular complexity index is 1290. The molecule has 7 nitrogen and oxygen atoms in total. The van der Waals surface area contributed by atoms with Gasteiger partial charge in [-0.15, -0.1) is 10.2 Å². The molecule has 5 aromatic rings. The standard InChI is InChI=1S/C21H17N7S/c1-14-8-10-17(11-9-14)27-19(16-6-4-3-5-7-16)25-26-21(27)29-18-12-15(2)24-20-22-13-23-28(18)20/h3-13H,1-2H3. The van der Waals surface area contributed by atoms with Crippen LogP contribution in [0.2, 0.25) is 0 Å². The van der Waals surface area contributed by atoms with E-state index < -0.39 is 0 Å². The first-order valence-electron chi connectivity index (χ1n) is 9.12. The summed E-state index contributed by atoms with van der Waals surface area (Å²) in [6.45, 7) is 4.02. The first-order chi connectivity index (χ1) is 14.2. The second-order valence-corrected chi connectivity index (χ2v) is 7.64. The van der Waals surface area contributed by atoms with E-state index in [2.05, 4.69) is 61.0 Å². The van der Waals surface area contributed by atoms with Crippen LogP contribution in [0.25, 0.3) is 22.9 Å². The summed E-state index contributed by atoms with van der Waals surface area (Å²) in [4.78, 5) is 8.62. The maximum atomic E-state index is 4.50. The summed E-state index contributed by atoms with van der Waals surface area (Å²) >= 11 is 1.49. The van der Waals surface area contributed by atoms with Gasteiger partial charge in [-0.2, -0.15) is 14.6 Å². The van der Waals surface area contributed by atoms with Crippen LogP contribution in [0.3, 0.4) is 0 Å². The van der Waals surface area contributed by atoms with Gasteiger partial charge in [0.15, 0.2) is 5.82 Å². The van der Waals surface area contributed by atoms with E-state index in [0.717, 1.165) is 33.0 Å². The normalized spacial score (nSPS) is 11.2. The number of nitrogens with zero attached hydrogens (tertiary/aromatic N) is 7. The van der Waals surface area contributed by atoms with Crippen LogP contribution in [0, 0.1) is 13.8 Å². The Balaban J connectivity index is 1.67. The summed E-state index contributed by atoms with van der Waals surface area (Å²) in [5, 5.41) is 14.9. The largest absolute Gasteiger partial charge is 0.270 e. The van der Waals surface area contributed by atoms with Crippen molar-refractivity contribution in [1.29, 1.82) is 0 Å². The lowest BCUT2D eigenvalue weighted by Crippen LogP contribution is -2.02. The molecule has 0 aliphatic rings. The summed E-state index contributed by atoms with van der Waals surface area (Å²) in [5.41, 5.74) is 4.08. The fourth-order valence-electron chi connectivity index (χ4n) is 3.10. The molecule has 0 amide bonds. The number of benzene rings is 2. The smallest absolute Gasteiger partial charge is 0.253 e. The second kappa shape index (κ2) is 7.14. The zero-order chi connectivity index (χ0) is 19.8. The first-order valence-corrected chi connectivity index (χ1v) is 9.94. The minimum Gasteiger partial charge on any atom is -0.270 e. The van der Waals surface area contributed by atoms with Gasteiger partial charge in [0, 0.05) is 16.9 Å². The molecule has 5 rings (SSSR count). The molecule has 0 aliphatic carbocycles. The molecule has 0 saturated carbocycles. The third kappa shape index (κ3) is 3.27. The minimum absolute atomic E-state index is 0.567. The van der Waals surface area contributed by atoms with Crippen molar-refractivity contribution in [2.75, 3.05) is 0 Å². The molecule has 0 aliphatic heterocycles. The average Bonchev–Trinajstić information content (AvgIpc) is 3.36. The lowest BCUT2D eigenvalue weighted by Gasteiger charge is -2.11. The van der Waals surface area contributed by atoms with Gasteiger partial charge in [0.25, 0.3) is 5.78 Å². The highest BCUT2D eigenvalue weighted by Crippen LogP contribution is 2.32. The molecule has 0 radical (unpaired) electrons. The molecule has 0 saturated heterocycles. The Morgan fingerprint density at radius 1 is 0.897 bits per heavy atom. The van der Waals surface area contributed by atoms with E-state index in [4.69, 9.17) is 0 Å². The fourth-order valence-corrected chi connectivity index (χ4v) is 4.10. The second-order valence-electron chi connectivity index (χ2n) is 6.65. The van der Waals surface area contributed by atoms with Crippen molar-refractivity contribution >= 4 is 17.5 Å². The Labute approximate surface area is 171 Å². The van der Waals surface area contributed by atoms with Gasteiger partial charge in [-0.1, -0.05) is 48.0 Å². The van der Waals surface area contributed by atoms with E-state index in [1.807, 2.05) is 43.3 Å². The van der Waals surface area contributed by atoms with E-state index in [-0.39, 0.29) is 0 Å². The van der Waals surface area contributed by atoms with E-state index >= 15 is 0 Å². The lowest BCUT2D eigenvalue weighted by atomic mass is 10.2. The van der Waals surface area contributed by atoms with Gasteiger partial charge < -0.3 is 0 Å². The molecule has 0 atom stereocenters. The van der Waals surface area contributed by atoms with Gasteiger partial charge in [-0.25, -0.2) is 4.98 Å². The monoisotopic (exact) mass is 399 g/mol. The molecular weight excluding hydrogens is 382 g/mol. The molecule has 142 valence electrons. The van der Waals surface area contributed by atoms with Gasteiger partial charge in [-0.05, 0) is 43.8 Å². The maximum absolute atomic E-state index is 4.50.